The first kappa shape index (κ1) is 47.0. The van der Waals surface area contributed by atoms with Crippen LogP contribution in [0.5, 0.6) is 0 Å². The third-order valence-electron chi connectivity index (χ3n) is 10.2. The van der Waals surface area contributed by atoms with E-state index >= 15 is 0 Å². The summed E-state index contributed by atoms with van der Waals surface area (Å²) in [5.74, 6) is 0.329. The van der Waals surface area contributed by atoms with Crippen molar-refractivity contribution in [2.45, 2.75) is 123 Å². The Bertz CT molecular complexity index is 1730. The van der Waals surface area contributed by atoms with Crippen molar-refractivity contribution in [1.82, 2.24) is 16.0 Å². The number of nitrogens with two attached hydrogens (primary N) is 1. The van der Waals surface area contributed by atoms with Crippen molar-refractivity contribution in [3.05, 3.63) is 107 Å². The number of unbranched alkanes of at least 4 members (excludes halogenated alkanes) is 6. The summed E-state index contributed by atoms with van der Waals surface area (Å²) in [4.78, 5) is 48.8. The van der Waals surface area contributed by atoms with Gasteiger partial charge >= 0.3 is 12.2 Å². The van der Waals surface area contributed by atoms with Gasteiger partial charge in [0, 0.05) is 30.0 Å². The number of benzene rings is 3. The van der Waals surface area contributed by atoms with Crippen molar-refractivity contribution in [2.75, 3.05) is 13.2 Å². The number of Topliss-reactive ketones (excluding diaryl/α,β-unsaturated/α-hetero) is 1. The summed E-state index contributed by atoms with van der Waals surface area (Å²) in [5.41, 5.74) is 9.91. The van der Waals surface area contributed by atoms with Gasteiger partial charge in [0.1, 0.15) is 11.7 Å². The Labute approximate surface area is 344 Å². The van der Waals surface area contributed by atoms with Crippen LogP contribution < -0.4 is 21.7 Å². The van der Waals surface area contributed by atoms with Crippen molar-refractivity contribution >= 4 is 35.5 Å². The molecule has 12 nitrogen and oxygen atoms in total. The molecule has 3 atom stereocenters. The average molecular weight is 797 g/mol. The van der Waals surface area contributed by atoms with Gasteiger partial charge < -0.3 is 20.5 Å². The van der Waals surface area contributed by atoms with Gasteiger partial charge in [0.2, 0.25) is 5.91 Å². The van der Waals surface area contributed by atoms with Crippen molar-refractivity contribution in [3.8, 4) is 0 Å². The Kier molecular flexibility index (Phi) is 21.5. The number of hydrogen-bond donors (Lipinski definition) is 6. The zero-order valence-corrected chi connectivity index (χ0v) is 34.6. The molecule has 1 aliphatic rings. The predicted octanol–water partition coefficient (Wildman–Crippen LogP) is 8.69. The highest BCUT2D eigenvalue weighted by Gasteiger charge is 2.31. The fraction of sp³-hybridized carbons (Fsp3) is 0.478. The molecule has 58 heavy (non-hydrogen) atoms. The molecular formula is C46H64N6O6. The second-order valence-electron chi connectivity index (χ2n) is 14.8. The SMILES string of the molecule is CCCCCCOC(=O)NC(=N)c1ccc(CCC(=O)[C@H](C)NC(=O)[C@@H]2CC[C@@H](c3ccccc3)C2)cc1.CCCCCCOC(=O)NC(=N)c1ccc(CN)cc1. The van der Waals surface area contributed by atoms with E-state index in [0.29, 0.717) is 49.6 Å². The van der Waals surface area contributed by atoms with Crippen molar-refractivity contribution < 1.29 is 28.7 Å². The molecule has 3 aromatic carbocycles. The number of carbonyl (C=O) groups is 4. The number of carbonyl (C=O) groups excluding carboxylic acids is 4. The number of hydrogen-bond acceptors (Lipinski definition) is 9. The maximum atomic E-state index is 12.8. The number of ketones is 1. The van der Waals surface area contributed by atoms with E-state index in [2.05, 4.69) is 41.9 Å². The highest BCUT2D eigenvalue weighted by molar-refractivity contribution is 6.05. The van der Waals surface area contributed by atoms with E-state index < -0.39 is 18.2 Å². The molecule has 0 heterocycles. The first-order valence-electron chi connectivity index (χ1n) is 20.9. The van der Waals surface area contributed by atoms with Crippen LogP contribution in [0.2, 0.25) is 0 Å². The van der Waals surface area contributed by atoms with Gasteiger partial charge in [-0.25, -0.2) is 9.59 Å². The quantitative estimate of drug-likeness (QED) is 0.0374. The van der Waals surface area contributed by atoms with E-state index in [4.69, 9.17) is 26.0 Å². The van der Waals surface area contributed by atoms with Crippen LogP contribution in [0.4, 0.5) is 9.59 Å². The molecule has 314 valence electrons. The molecule has 0 aliphatic heterocycles. The Morgan fingerprint density at radius 1 is 0.707 bits per heavy atom. The van der Waals surface area contributed by atoms with Crippen LogP contribution in [0, 0.1) is 16.7 Å². The minimum Gasteiger partial charge on any atom is -0.449 e. The minimum absolute atomic E-state index is 0.00359. The van der Waals surface area contributed by atoms with E-state index in [-0.39, 0.29) is 29.3 Å². The van der Waals surface area contributed by atoms with Crippen LogP contribution >= 0.6 is 0 Å². The predicted molar refractivity (Wildman–Crippen MR) is 229 cm³/mol. The van der Waals surface area contributed by atoms with Gasteiger partial charge in [-0.05, 0) is 68.1 Å². The fourth-order valence-electron chi connectivity index (χ4n) is 6.60. The van der Waals surface area contributed by atoms with Gasteiger partial charge in [-0.15, -0.1) is 0 Å². The fourth-order valence-corrected chi connectivity index (χ4v) is 6.60. The summed E-state index contributed by atoms with van der Waals surface area (Å²) in [5, 5.41) is 23.7. The molecule has 0 saturated heterocycles. The van der Waals surface area contributed by atoms with Crippen LogP contribution in [0.1, 0.15) is 132 Å². The highest BCUT2D eigenvalue weighted by Crippen LogP contribution is 2.38. The van der Waals surface area contributed by atoms with Crippen LogP contribution in [0.15, 0.2) is 78.9 Å². The maximum Gasteiger partial charge on any atom is 0.412 e. The molecule has 7 N–H and O–H groups in total. The molecule has 1 fully saturated rings. The van der Waals surface area contributed by atoms with Gasteiger partial charge in [-0.3, -0.25) is 31.0 Å². The number of alkyl carbamates (subject to hydrolysis) is 2. The maximum absolute atomic E-state index is 12.8. The lowest BCUT2D eigenvalue weighted by molar-refractivity contribution is -0.129. The zero-order chi connectivity index (χ0) is 42.1. The van der Waals surface area contributed by atoms with Gasteiger partial charge in [0.15, 0.2) is 5.78 Å². The van der Waals surface area contributed by atoms with E-state index in [1.54, 1.807) is 31.2 Å². The van der Waals surface area contributed by atoms with Crippen LogP contribution in [-0.4, -0.2) is 54.8 Å². The van der Waals surface area contributed by atoms with E-state index in [9.17, 15) is 19.2 Å². The number of ether oxygens (including phenoxy) is 2. The van der Waals surface area contributed by atoms with Gasteiger partial charge in [-0.2, -0.15) is 0 Å². The largest absolute Gasteiger partial charge is 0.449 e. The normalized spacial score (nSPS) is 14.9. The lowest BCUT2D eigenvalue weighted by atomic mass is 9.96. The summed E-state index contributed by atoms with van der Waals surface area (Å²) in [7, 11) is 0. The van der Waals surface area contributed by atoms with Crippen LogP contribution in [0.3, 0.4) is 0 Å². The summed E-state index contributed by atoms with van der Waals surface area (Å²) < 4.78 is 10.1. The zero-order valence-electron chi connectivity index (χ0n) is 34.6. The van der Waals surface area contributed by atoms with Gasteiger partial charge in [0.25, 0.3) is 0 Å². The topological polar surface area (TPSA) is 197 Å². The monoisotopic (exact) mass is 796 g/mol. The standard InChI is InChI=1S/C31H41N3O4.C15H23N3O2/c1-3-4-5-9-20-38-31(37)34-29(32)25-15-12-23(13-16-25)14-19-28(35)22(2)33-30(36)27-18-17-26(21-27)24-10-7-6-8-11-24;1-2-3-4-5-10-20-15(19)18-14(17)13-8-6-12(11-16)7-9-13/h6-8,10-13,15-16,22,26-27H,3-5,9,14,17-21H2,1-2H3,(H,33,36)(H2,32,34,37);6-9H,2-5,10-11,16H2,1H3,(H2,17,18,19)/t22-,26+,27+;/m0./s1. The molecule has 1 saturated carbocycles. The summed E-state index contributed by atoms with van der Waals surface area (Å²) in [6.07, 6.45) is 10.6. The first-order chi connectivity index (χ1) is 28.0. The van der Waals surface area contributed by atoms with E-state index in [0.717, 1.165) is 81.8 Å². The number of aryl methyl sites for hydroxylation is 1. The van der Waals surface area contributed by atoms with Gasteiger partial charge in [-0.1, -0.05) is 131 Å². The Balaban J connectivity index is 0.000000379. The summed E-state index contributed by atoms with van der Waals surface area (Å²) in [6.45, 7) is 7.20. The van der Waals surface area contributed by atoms with Crippen molar-refractivity contribution in [2.24, 2.45) is 11.7 Å². The number of amides is 3. The van der Waals surface area contributed by atoms with Crippen LogP contribution in [-0.2, 0) is 32.0 Å². The van der Waals surface area contributed by atoms with Crippen LogP contribution in [0.25, 0.3) is 0 Å². The molecule has 3 aromatic rings. The molecule has 0 unspecified atom stereocenters. The van der Waals surface area contributed by atoms with E-state index in [1.165, 1.54) is 5.56 Å². The molecule has 3 amide bonds. The molecule has 1 aliphatic carbocycles. The molecule has 0 radical (unpaired) electrons. The third-order valence-corrected chi connectivity index (χ3v) is 10.2. The molecule has 0 spiro atoms. The van der Waals surface area contributed by atoms with E-state index in [1.807, 2.05) is 42.5 Å². The Morgan fingerprint density at radius 3 is 1.72 bits per heavy atom. The van der Waals surface area contributed by atoms with Gasteiger partial charge in [0.05, 0.1) is 19.3 Å². The molecular weight excluding hydrogens is 733 g/mol. The summed E-state index contributed by atoms with van der Waals surface area (Å²) >= 11 is 0. The van der Waals surface area contributed by atoms with Crippen molar-refractivity contribution in [3.63, 3.8) is 0 Å². The number of rotatable bonds is 20. The highest BCUT2D eigenvalue weighted by atomic mass is 16.6. The molecule has 0 aromatic heterocycles. The molecule has 12 heteroatoms. The second kappa shape index (κ2) is 26.5. The molecule has 0 bridgehead atoms. The first-order valence-corrected chi connectivity index (χ1v) is 20.9. The Morgan fingerprint density at radius 2 is 1.22 bits per heavy atom. The number of nitrogens with one attached hydrogen (secondary N) is 5. The smallest absolute Gasteiger partial charge is 0.412 e. The lowest BCUT2D eigenvalue weighted by Crippen LogP contribution is -2.41. The minimum atomic E-state index is -0.620. The second-order valence-corrected chi connectivity index (χ2v) is 14.8. The Hall–Kier alpha value is -5.36. The lowest BCUT2D eigenvalue weighted by Gasteiger charge is -2.17. The third kappa shape index (κ3) is 17.4. The summed E-state index contributed by atoms with van der Waals surface area (Å²) in [6, 6.07) is 24.2. The van der Waals surface area contributed by atoms with Crippen molar-refractivity contribution in [1.29, 1.82) is 10.8 Å². The average Bonchev–Trinajstić information content (AvgIpc) is 3.74. The molecule has 4 rings (SSSR count). The number of amidine groups is 2.